The predicted octanol–water partition coefficient (Wildman–Crippen LogP) is 4.37. The van der Waals surface area contributed by atoms with Crippen molar-refractivity contribution in [3.05, 3.63) is 64.5 Å². The van der Waals surface area contributed by atoms with Gasteiger partial charge in [0.1, 0.15) is 0 Å². The van der Waals surface area contributed by atoms with Crippen molar-refractivity contribution in [3.8, 4) is 11.3 Å². The number of benzene rings is 2. The summed E-state index contributed by atoms with van der Waals surface area (Å²) in [7, 11) is -3.59. The summed E-state index contributed by atoms with van der Waals surface area (Å²) in [6.07, 6.45) is 0. The summed E-state index contributed by atoms with van der Waals surface area (Å²) in [6, 6.07) is 13.7. The third-order valence-electron chi connectivity index (χ3n) is 4.16. The zero-order valence-electron chi connectivity index (χ0n) is 16.7. The van der Waals surface area contributed by atoms with E-state index in [1.54, 1.807) is 13.8 Å². The van der Waals surface area contributed by atoms with E-state index in [9.17, 15) is 13.2 Å². The van der Waals surface area contributed by atoms with Crippen LogP contribution in [0.5, 0.6) is 0 Å². The maximum Gasteiger partial charge on any atom is 0.257 e. The lowest BCUT2D eigenvalue weighted by Crippen LogP contribution is -2.30. The molecule has 0 fully saturated rings. The first-order valence-electron chi connectivity index (χ1n) is 9.14. The number of aromatic nitrogens is 1. The molecule has 0 bridgehead atoms. The number of carbonyl (C=O) groups is 1. The fourth-order valence-corrected chi connectivity index (χ4v) is 4.84. The number of anilines is 1. The lowest BCUT2D eigenvalue weighted by atomic mass is 10.1. The average Bonchev–Trinajstić information content (AvgIpc) is 3.01. The third kappa shape index (κ3) is 5.09. The molecule has 0 saturated carbocycles. The van der Waals surface area contributed by atoms with E-state index >= 15 is 0 Å². The predicted molar refractivity (Wildman–Crippen MR) is 117 cm³/mol. The number of rotatable bonds is 6. The Morgan fingerprint density at radius 2 is 1.62 bits per heavy atom. The summed E-state index contributed by atoms with van der Waals surface area (Å²) in [5, 5.41) is 3.30. The van der Waals surface area contributed by atoms with Gasteiger partial charge in [0.15, 0.2) is 5.13 Å². The minimum atomic E-state index is -3.59. The SMILES string of the molecule is Cc1ccc(-c2nc(NC(=O)c3ccc(S(=O)(=O)NC(C)C)cc3)sc2C)cc1. The van der Waals surface area contributed by atoms with Crippen LogP contribution in [0.15, 0.2) is 53.4 Å². The number of hydrogen-bond donors (Lipinski definition) is 2. The number of nitrogens with zero attached hydrogens (tertiary/aromatic N) is 1. The molecule has 8 heteroatoms. The smallest absolute Gasteiger partial charge is 0.257 e. The summed E-state index contributed by atoms with van der Waals surface area (Å²) in [5.74, 6) is -0.338. The largest absolute Gasteiger partial charge is 0.298 e. The molecule has 2 N–H and O–H groups in total. The molecule has 152 valence electrons. The number of hydrogen-bond acceptors (Lipinski definition) is 5. The van der Waals surface area contributed by atoms with E-state index in [1.165, 1.54) is 41.2 Å². The van der Waals surface area contributed by atoms with Gasteiger partial charge in [-0.2, -0.15) is 0 Å². The fraction of sp³-hybridized carbons (Fsp3) is 0.238. The Hall–Kier alpha value is -2.55. The van der Waals surface area contributed by atoms with Gasteiger partial charge in [-0.1, -0.05) is 29.8 Å². The quantitative estimate of drug-likeness (QED) is 0.609. The highest BCUT2D eigenvalue weighted by molar-refractivity contribution is 7.89. The number of sulfonamides is 1. The molecule has 0 atom stereocenters. The molecule has 3 rings (SSSR count). The van der Waals surface area contributed by atoms with Crippen LogP contribution >= 0.6 is 11.3 Å². The molecule has 29 heavy (non-hydrogen) atoms. The van der Waals surface area contributed by atoms with E-state index in [1.807, 2.05) is 38.1 Å². The summed E-state index contributed by atoms with van der Waals surface area (Å²) < 4.78 is 26.9. The molecular weight excluding hydrogens is 406 g/mol. The van der Waals surface area contributed by atoms with Crippen molar-refractivity contribution in [2.24, 2.45) is 0 Å². The van der Waals surface area contributed by atoms with E-state index in [-0.39, 0.29) is 16.8 Å². The molecule has 0 unspecified atom stereocenters. The van der Waals surface area contributed by atoms with Gasteiger partial charge in [-0.25, -0.2) is 18.1 Å². The highest BCUT2D eigenvalue weighted by Crippen LogP contribution is 2.30. The molecule has 0 aliphatic heterocycles. The van der Waals surface area contributed by atoms with Crippen LogP contribution in [-0.2, 0) is 10.0 Å². The summed E-state index contributed by atoms with van der Waals surface area (Å²) in [4.78, 5) is 18.2. The van der Waals surface area contributed by atoms with Crippen molar-refractivity contribution in [1.82, 2.24) is 9.71 Å². The van der Waals surface area contributed by atoms with Gasteiger partial charge in [-0.3, -0.25) is 10.1 Å². The maximum atomic E-state index is 12.5. The van der Waals surface area contributed by atoms with Gasteiger partial charge in [0.2, 0.25) is 10.0 Å². The highest BCUT2D eigenvalue weighted by atomic mass is 32.2. The Balaban J connectivity index is 1.75. The number of thiazole rings is 1. The minimum Gasteiger partial charge on any atom is -0.298 e. The monoisotopic (exact) mass is 429 g/mol. The molecule has 0 spiro atoms. The average molecular weight is 430 g/mol. The standard InChI is InChI=1S/C21H23N3O3S2/c1-13(2)24-29(26,27)18-11-9-17(10-12-18)20(25)23-21-22-19(15(4)28-21)16-7-5-14(3)6-8-16/h5-13,24H,1-4H3,(H,22,23,25). The van der Waals surface area contributed by atoms with Gasteiger partial charge in [0.05, 0.1) is 10.6 Å². The second-order valence-electron chi connectivity index (χ2n) is 7.04. The van der Waals surface area contributed by atoms with Crippen LogP contribution in [-0.4, -0.2) is 25.4 Å². The first-order valence-corrected chi connectivity index (χ1v) is 11.4. The molecule has 1 amide bonds. The Bertz CT molecular complexity index is 1120. The molecular formula is C21H23N3O3S2. The Labute approximate surface area is 175 Å². The van der Waals surface area contributed by atoms with Crippen LogP contribution in [0.1, 0.15) is 34.6 Å². The van der Waals surface area contributed by atoms with Crippen LogP contribution in [0, 0.1) is 13.8 Å². The fourth-order valence-electron chi connectivity index (χ4n) is 2.76. The van der Waals surface area contributed by atoms with Crippen molar-refractivity contribution in [2.75, 3.05) is 5.32 Å². The highest BCUT2D eigenvalue weighted by Gasteiger charge is 2.17. The Morgan fingerprint density at radius 3 is 2.21 bits per heavy atom. The summed E-state index contributed by atoms with van der Waals surface area (Å²) >= 11 is 1.40. The van der Waals surface area contributed by atoms with E-state index in [0.29, 0.717) is 10.7 Å². The third-order valence-corrected chi connectivity index (χ3v) is 6.72. The van der Waals surface area contributed by atoms with Gasteiger partial charge in [0, 0.05) is 22.0 Å². The molecule has 1 aromatic heterocycles. The zero-order chi connectivity index (χ0) is 21.2. The number of nitrogens with one attached hydrogen (secondary N) is 2. The molecule has 0 aliphatic rings. The van der Waals surface area contributed by atoms with E-state index in [0.717, 1.165) is 16.1 Å². The summed E-state index contributed by atoms with van der Waals surface area (Å²) in [5.41, 5.74) is 3.37. The second-order valence-corrected chi connectivity index (χ2v) is 9.96. The first-order chi connectivity index (χ1) is 13.7. The minimum absolute atomic E-state index is 0.120. The Morgan fingerprint density at radius 1 is 1.00 bits per heavy atom. The zero-order valence-corrected chi connectivity index (χ0v) is 18.3. The maximum absolute atomic E-state index is 12.5. The first kappa shape index (κ1) is 21.2. The van der Waals surface area contributed by atoms with Gasteiger partial charge in [-0.15, -0.1) is 11.3 Å². The Kier molecular flexibility index (Phi) is 6.16. The topological polar surface area (TPSA) is 88.2 Å². The number of aryl methyl sites for hydroxylation is 2. The van der Waals surface area contributed by atoms with Crippen LogP contribution in [0.4, 0.5) is 5.13 Å². The molecule has 0 saturated heterocycles. The van der Waals surface area contributed by atoms with Gasteiger partial charge in [-0.05, 0) is 52.0 Å². The second kappa shape index (κ2) is 8.44. The molecule has 3 aromatic rings. The molecule has 6 nitrogen and oxygen atoms in total. The van der Waals surface area contributed by atoms with Gasteiger partial charge in [0.25, 0.3) is 5.91 Å². The molecule has 1 heterocycles. The number of carbonyl (C=O) groups excluding carboxylic acids is 1. The van der Waals surface area contributed by atoms with E-state index in [2.05, 4.69) is 15.0 Å². The van der Waals surface area contributed by atoms with Crippen molar-refractivity contribution in [2.45, 2.75) is 38.6 Å². The van der Waals surface area contributed by atoms with Crippen LogP contribution in [0.2, 0.25) is 0 Å². The molecule has 2 aromatic carbocycles. The molecule has 0 aliphatic carbocycles. The normalized spacial score (nSPS) is 11.6. The van der Waals surface area contributed by atoms with Gasteiger partial charge < -0.3 is 0 Å². The molecule has 0 radical (unpaired) electrons. The van der Waals surface area contributed by atoms with Crippen molar-refractivity contribution >= 4 is 32.4 Å². The van der Waals surface area contributed by atoms with Gasteiger partial charge >= 0.3 is 0 Å². The van der Waals surface area contributed by atoms with E-state index in [4.69, 9.17) is 0 Å². The van der Waals surface area contributed by atoms with E-state index < -0.39 is 10.0 Å². The van der Waals surface area contributed by atoms with Crippen LogP contribution in [0.3, 0.4) is 0 Å². The lowest BCUT2D eigenvalue weighted by molar-refractivity contribution is 0.102. The van der Waals surface area contributed by atoms with Crippen molar-refractivity contribution < 1.29 is 13.2 Å². The lowest BCUT2D eigenvalue weighted by Gasteiger charge is -2.10. The van der Waals surface area contributed by atoms with Crippen molar-refractivity contribution in [1.29, 1.82) is 0 Å². The van der Waals surface area contributed by atoms with Crippen LogP contribution < -0.4 is 10.0 Å². The summed E-state index contributed by atoms with van der Waals surface area (Å²) in [6.45, 7) is 7.49. The number of amides is 1. The van der Waals surface area contributed by atoms with Crippen molar-refractivity contribution in [3.63, 3.8) is 0 Å². The van der Waals surface area contributed by atoms with Crippen LogP contribution in [0.25, 0.3) is 11.3 Å².